The molecular formula is C30H32N4O2. The largest absolute Gasteiger partial charge is 0.462 e. The lowest BCUT2D eigenvalue weighted by atomic mass is 10.1. The van der Waals surface area contributed by atoms with Gasteiger partial charge in [-0.15, -0.1) is 0 Å². The summed E-state index contributed by atoms with van der Waals surface area (Å²) in [6.07, 6.45) is 0. The molecule has 36 heavy (non-hydrogen) atoms. The molecule has 1 fully saturated rings. The summed E-state index contributed by atoms with van der Waals surface area (Å²) in [7, 11) is 0. The van der Waals surface area contributed by atoms with Gasteiger partial charge in [-0.1, -0.05) is 30.3 Å². The molecule has 0 aliphatic carbocycles. The Morgan fingerprint density at radius 3 is 2.42 bits per heavy atom. The van der Waals surface area contributed by atoms with Crippen LogP contribution in [-0.2, 0) is 11.3 Å². The lowest BCUT2D eigenvalue weighted by Gasteiger charge is -2.36. The number of anilines is 3. The maximum atomic E-state index is 12.3. The third kappa shape index (κ3) is 5.50. The molecule has 0 radical (unpaired) electrons. The number of rotatable bonds is 7. The van der Waals surface area contributed by atoms with Crippen LogP contribution in [0, 0.1) is 6.92 Å². The Kier molecular flexibility index (Phi) is 7.14. The van der Waals surface area contributed by atoms with Gasteiger partial charge in [-0.25, -0.2) is 4.79 Å². The number of aryl methyl sites for hydroxylation is 1. The molecule has 1 aliphatic heterocycles. The highest BCUT2D eigenvalue weighted by molar-refractivity contribution is 5.99. The van der Waals surface area contributed by atoms with E-state index in [1.807, 2.05) is 32.0 Å². The molecule has 1 aromatic heterocycles. The van der Waals surface area contributed by atoms with Gasteiger partial charge < -0.3 is 15.0 Å². The lowest BCUT2D eigenvalue weighted by Crippen LogP contribution is -2.45. The van der Waals surface area contributed by atoms with Crippen LogP contribution in [-0.4, -0.2) is 48.6 Å². The molecule has 6 heteroatoms. The van der Waals surface area contributed by atoms with Gasteiger partial charge in [-0.2, -0.15) is 0 Å². The third-order valence-electron chi connectivity index (χ3n) is 6.58. The zero-order valence-electron chi connectivity index (χ0n) is 20.9. The zero-order valence-corrected chi connectivity index (χ0v) is 20.9. The first-order valence-electron chi connectivity index (χ1n) is 12.6. The van der Waals surface area contributed by atoms with Crippen LogP contribution >= 0.6 is 0 Å². The quantitative estimate of drug-likeness (QED) is 0.338. The normalized spacial score (nSPS) is 14.1. The van der Waals surface area contributed by atoms with Crippen molar-refractivity contribution < 1.29 is 9.53 Å². The van der Waals surface area contributed by atoms with E-state index in [0.717, 1.165) is 60.7 Å². The van der Waals surface area contributed by atoms with Gasteiger partial charge in [-0.05, 0) is 67.9 Å². The second-order valence-electron chi connectivity index (χ2n) is 9.18. The van der Waals surface area contributed by atoms with Gasteiger partial charge in [0.2, 0.25) is 0 Å². The van der Waals surface area contributed by atoms with Crippen molar-refractivity contribution in [2.45, 2.75) is 20.4 Å². The smallest absolute Gasteiger partial charge is 0.338 e. The van der Waals surface area contributed by atoms with Gasteiger partial charge in [0.05, 0.1) is 17.7 Å². The Morgan fingerprint density at radius 1 is 0.944 bits per heavy atom. The monoisotopic (exact) mass is 480 g/mol. The molecule has 0 atom stereocenters. The van der Waals surface area contributed by atoms with Crippen LogP contribution in [0.2, 0.25) is 0 Å². The fourth-order valence-corrected chi connectivity index (χ4v) is 4.72. The highest BCUT2D eigenvalue weighted by atomic mass is 16.5. The summed E-state index contributed by atoms with van der Waals surface area (Å²) < 4.78 is 5.18. The van der Waals surface area contributed by atoms with Crippen molar-refractivity contribution in [3.8, 4) is 0 Å². The molecule has 4 aromatic rings. The minimum absolute atomic E-state index is 0.320. The van der Waals surface area contributed by atoms with Crippen molar-refractivity contribution in [2.75, 3.05) is 43.0 Å². The summed E-state index contributed by atoms with van der Waals surface area (Å²) in [4.78, 5) is 21.8. The van der Waals surface area contributed by atoms with Gasteiger partial charge in [0.15, 0.2) is 0 Å². The number of carbonyl (C=O) groups is 1. The number of esters is 1. The average Bonchev–Trinajstić information content (AvgIpc) is 2.90. The van der Waals surface area contributed by atoms with E-state index in [4.69, 9.17) is 4.74 Å². The van der Waals surface area contributed by atoms with Crippen molar-refractivity contribution >= 4 is 33.9 Å². The Morgan fingerprint density at radius 2 is 1.69 bits per heavy atom. The number of hydrogen-bond donors (Lipinski definition) is 1. The Bertz CT molecular complexity index is 1330. The predicted octanol–water partition coefficient (Wildman–Crippen LogP) is 5.79. The number of nitrogens with one attached hydrogen (secondary N) is 1. The summed E-state index contributed by atoms with van der Waals surface area (Å²) in [5.74, 6) is -0.320. The van der Waals surface area contributed by atoms with Crippen molar-refractivity contribution in [1.82, 2.24) is 9.88 Å². The van der Waals surface area contributed by atoms with E-state index in [-0.39, 0.29) is 5.97 Å². The second kappa shape index (κ2) is 10.8. The number of pyridine rings is 1. The van der Waals surface area contributed by atoms with Crippen molar-refractivity contribution in [3.63, 3.8) is 0 Å². The first-order chi connectivity index (χ1) is 17.6. The van der Waals surface area contributed by atoms with Crippen LogP contribution < -0.4 is 10.2 Å². The zero-order chi connectivity index (χ0) is 24.9. The first-order valence-corrected chi connectivity index (χ1v) is 12.6. The number of ether oxygens (including phenoxy) is 1. The second-order valence-corrected chi connectivity index (χ2v) is 9.18. The number of carbonyl (C=O) groups excluding carboxylic acids is 1. The van der Waals surface area contributed by atoms with Crippen molar-refractivity contribution in [1.29, 1.82) is 0 Å². The molecular weight excluding hydrogens is 448 g/mol. The van der Waals surface area contributed by atoms with Crippen LogP contribution in [0.3, 0.4) is 0 Å². The van der Waals surface area contributed by atoms with E-state index in [9.17, 15) is 4.79 Å². The lowest BCUT2D eigenvalue weighted by molar-refractivity contribution is 0.0526. The van der Waals surface area contributed by atoms with Crippen LogP contribution in [0.5, 0.6) is 0 Å². The third-order valence-corrected chi connectivity index (χ3v) is 6.58. The Balaban J connectivity index is 1.27. The molecule has 0 saturated carbocycles. The molecule has 0 unspecified atom stereocenters. The molecule has 1 N–H and O–H groups in total. The highest BCUT2D eigenvalue weighted by Crippen LogP contribution is 2.29. The van der Waals surface area contributed by atoms with Gasteiger partial charge in [0.1, 0.15) is 0 Å². The van der Waals surface area contributed by atoms with Crippen LogP contribution in [0.25, 0.3) is 10.9 Å². The van der Waals surface area contributed by atoms with E-state index in [0.29, 0.717) is 12.2 Å². The van der Waals surface area contributed by atoms with E-state index in [2.05, 4.69) is 74.7 Å². The fourth-order valence-electron chi connectivity index (χ4n) is 4.72. The minimum atomic E-state index is -0.320. The predicted molar refractivity (Wildman–Crippen MR) is 146 cm³/mol. The summed E-state index contributed by atoms with van der Waals surface area (Å²) in [5, 5.41) is 4.42. The molecule has 0 spiro atoms. The molecule has 0 bridgehead atoms. The highest BCUT2D eigenvalue weighted by Gasteiger charge is 2.17. The van der Waals surface area contributed by atoms with Gasteiger partial charge >= 0.3 is 5.97 Å². The standard InChI is InChI=1S/C30H32N4O2/c1-3-36-30(35)24-9-14-28-27(20-24)29(19-22(2)31-28)32-25-10-12-26(13-11-25)34-17-15-33(16-18-34)21-23-7-5-4-6-8-23/h4-14,19-20H,3,15-18,21H2,1-2H3,(H,31,32). The summed E-state index contributed by atoms with van der Waals surface area (Å²) in [6.45, 7) is 9.29. The van der Waals surface area contributed by atoms with Gasteiger partial charge in [-0.3, -0.25) is 9.88 Å². The van der Waals surface area contributed by atoms with Crippen molar-refractivity contribution in [2.24, 2.45) is 0 Å². The molecule has 2 heterocycles. The van der Waals surface area contributed by atoms with E-state index in [1.54, 1.807) is 6.07 Å². The molecule has 3 aromatic carbocycles. The number of fused-ring (bicyclic) bond motifs is 1. The van der Waals surface area contributed by atoms with Crippen LogP contribution in [0.1, 0.15) is 28.5 Å². The fraction of sp³-hybridized carbons (Fsp3) is 0.267. The summed E-state index contributed by atoms with van der Waals surface area (Å²) in [6, 6.07) is 26.8. The van der Waals surface area contributed by atoms with Crippen LogP contribution in [0.15, 0.2) is 78.9 Å². The molecule has 0 amide bonds. The topological polar surface area (TPSA) is 57.7 Å². The van der Waals surface area contributed by atoms with E-state index >= 15 is 0 Å². The van der Waals surface area contributed by atoms with Gasteiger partial charge in [0, 0.05) is 60.9 Å². The average molecular weight is 481 g/mol. The number of benzene rings is 3. The molecule has 1 aliphatic rings. The maximum absolute atomic E-state index is 12.3. The summed E-state index contributed by atoms with van der Waals surface area (Å²) in [5.41, 5.74) is 6.81. The van der Waals surface area contributed by atoms with Crippen LogP contribution in [0.4, 0.5) is 17.1 Å². The number of piperazine rings is 1. The minimum Gasteiger partial charge on any atom is -0.462 e. The van der Waals surface area contributed by atoms with Gasteiger partial charge in [0.25, 0.3) is 0 Å². The molecule has 184 valence electrons. The number of aromatic nitrogens is 1. The van der Waals surface area contributed by atoms with Crippen molar-refractivity contribution in [3.05, 3.63) is 95.7 Å². The molecule has 1 saturated heterocycles. The molecule has 5 rings (SSSR count). The summed E-state index contributed by atoms with van der Waals surface area (Å²) >= 11 is 0. The Hall–Kier alpha value is -3.90. The first kappa shape index (κ1) is 23.8. The maximum Gasteiger partial charge on any atom is 0.338 e. The van der Waals surface area contributed by atoms with E-state index < -0.39 is 0 Å². The molecule has 6 nitrogen and oxygen atoms in total. The SMILES string of the molecule is CCOC(=O)c1ccc2nc(C)cc(Nc3ccc(N4CCN(Cc5ccccc5)CC4)cc3)c2c1. The number of hydrogen-bond acceptors (Lipinski definition) is 6. The Labute approximate surface area is 212 Å². The van der Waals surface area contributed by atoms with E-state index in [1.165, 1.54) is 11.3 Å². The number of nitrogens with zero attached hydrogens (tertiary/aromatic N) is 3.